The molecule has 0 spiro atoms. The predicted octanol–water partition coefficient (Wildman–Crippen LogP) is 6.49. The lowest BCUT2D eigenvalue weighted by molar-refractivity contribution is 0.407. The lowest BCUT2D eigenvalue weighted by Gasteiger charge is -2.35. The number of hydrogen-bond acceptors (Lipinski definition) is 1. The minimum Gasteiger partial charge on any atom is -0.339 e. The van der Waals surface area contributed by atoms with Crippen LogP contribution in [0.1, 0.15) is 43.2 Å². The van der Waals surface area contributed by atoms with Gasteiger partial charge in [-0.15, -0.1) is 0 Å². The van der Waals surface area contributed by atoms with Crippen molar-refractivity contribution in [3.05, 3.63) is 101 Å². The van der Waals surface area contributed by atoms with E-state index in [4.69, 9.17) is 0 Å². The highest BCUT2D eigenvalue weighted by Crippen LogP contribution is 2.43. The van der Waals surface area contributed by atoms with Crippen molar-refractivity contribution in [1.82, 2.24) is 9.55 Å². The molecule has 0 saturated carbocycles. The van der Waals surface area contributed by atoms with Crippen molar-refractivity contribution in [2.75, 3.05) is 0 Å². The first-order valence-corrected chi connectivity index (χ1v) is 10.2. The molecule has 0 aliphatic carbocycles. The van der Waals surface area contributed by atoms with Crippen molar-refractivity contribution < 1.29 is 4.39 Å². The van der Waals surface area contributed by atoms with Crippen LogP contribution in [-0.2, 0) is 12.0 Å². The van der Waals surface area contributed by atoms with E-state index >= 15 is 0 Å². The van der Waals surface area contributed by atoms with Gasteiger partial charge < -0.3 is 4.57 Å². The van der Waals surface area contributed by atoms with E-state index < -0.39 is 0 Å². The summed E-state index contributed by atoms with van der Waals surface area (Å²) in [4.78, 5) is 4.44. The normalized spacial score (nSPS) is 13.7. The highest BCUT2D eigenvalue weighted by Gasteiger charge is 2.35. The quantitative estimate of drug-likeness (QED) is 0.383. The molecule has 2 heterocycles. The SMILES string of the molecule is Cc1ccc(C(C)(c2cn(Cc3ccccn3)c3c(F)cccc23)C(C)C)cc1. The summed E-state index contributed by atoms with van der Waals surface area (Å²) < 4.78 is 17.0. The summed E-state index contributed by atoms with van der Waals surface area (Å²) in [5, 5.41) is 0.970. The maximum absolute atomic E-state index is 15.0. The van der Waals surface area contributed by atoms with Crippen molar-refractivity contribution in [3.8, 4) is 0 Å². The molecule has 0 fully saturated rings. The molecule has 2 aromatic carbocycles. The molecule has 2 aromatic heterocycles. The Morgan fingerprint density at radius 1 is 1.00 bits per heavy atom. The molecular weight excluding hydrogens is 359 g/mol. The Morgan fingerprint density at radius 3 is 2.41 bits per heavy atom. The lowest BCUT2D eigenvalue weighted by Crippen LogP contribution is -2.30. The number of para-hydroxylation sites is 1. The van der Waals surface area contributed by atoms with Gasteiger partial charge in [0.05, 0.1) is 17.8 Å². The van der Waals surface area contributed by atoms with Crippen LogP contribution in [0.25, 0.3) is 10.9 Å². The van der Waals surface area contributed by atoms with E-state index in [1.807, 2.05) is 34.9 Å². The molecule has 3 heteroatoms. The van der Waals surface area contributed by atoms with Gasteiger partial charge >= 0.3 is 0 Å². The summed E-state index contributed by atoms with van der Waals surface area (Å²) in [7, 11) is 0. The highest BCUT2D eigenvalue weighted by atomic mass is 19.1. The van der Waals surface area contributed by atoms with E-state index in [-0.39, 0.29) is 11.2 Å². The fraction of sp³-hybridized carbons (Fsp3) is 0.269. The van der Waals surface area contributed by atoms with E-state index in [0.717, 1.165) is 16.6 Å². The van der Waals surface area contributed by atoms with Gasteiger partial charge in [0.2, 0.25) is 0 Å². The van der Waals surface area contributed by atoms with E-state index in [9.17, 15) is 4.39 Å². The maximum Gasteiger partial charge on any atom is 0.147 e. The first kappa shape index (κ1) is 19.4. The summed E-state index contributed by atoms with van der Waals surface area (Å²) in [5.41, 5.74) is 4.97. The molecular formula is C26H27FN2. The molecule has 0 amide bonds. The first-order valence-electron chi connectivity index (χ1n) is 10.2. The number of halogens is 1. The molecule has 0 bridgehead atoms. The van der Waals surface area contributed by atoms with Crippen LogP contribution in [0, 0.1) is 18.7 Å². The molecule has 148 valence electrons. The maximum atomic E-state index is 15.0. The van der Waals surface area contributed by atoms with Crippen LogP contribution >= 0.6 is 0 Å². The van der Waals surface area contributed by atoms with E-state index in [1.54, 1.807) is 12.3 Å². The van der Waals surface area contributed by atoms with Gasteiger partial charge in [-0.3, -0.25) is 4.98 Å². The minimum atomic E-state index is -0.241. The van der Waals surface area contributed by atoms with Gasteiger partial charge in [-0.1, -0.05) is 68.8 Å². The zero-order chi connectivity index (χ0) is 20.6. The summed E-state index contributed by atoms with van der Waals surface area (Å²) in [6.45, 7) is 9.39. The number of pyridine rings is 1. The Bertz CT molecular complexity index is 1130. The molecule has 4 aromatic rings. The van der Waals surface area contributed by atoms with Crippen molar-refractivity contribution in [2.45, 2.75) is 39.7 Å². The Kier molecular flexibility index (Phi) is 4.99. The Morgan fingerprint density at radius 2 is 1.76 bits per heavy atom. The Hall–Kier alpha value is -2.94. The number of aryl methyl sites for hydroxylation is 1. The fourth-order valence-electron chi connectivity index (χ4n) is 4.22. The van der Waals surface area contributed by atoms with Crippen LogP contribution in [-0.4, -0.2) is 9.55 Å². The first-order chi connectivity index (χ1) is 13.9. The molecule has 0 saturated heterocycles. The second-order valence-corrected chi connectivity index (χ2v) is 8.35. The average Bonchev–Trinajstić information content (AvgIpc) is 3.08. The van der Waals surface area contributed by atoms with Crippen LogP contribution in [0.4, 0.5) is 4.39 Å². The van der Waals surface area contributed by atoms with E-state index in [2.05, 4.69) is 63.1 Å². The molecule has 2 nitrogen and oxygen atoms in total. The lowest BCUT2D eigenvalue weighted by atomic mass is 9.68. The Labute approximate surface area is 172 Å². The van der Waals surface area contributed by atoms with Crippen LogP contribution in [0.15, 0.2) is 73.1 Å². The smallest absolute Gasteiger partial charge is 0.147 e. The average molecular weight is 387 g/mol. The number of nitrogens with zero attached hydrogens (tertiary/aromatic N) is 2. The molecule has 29 heavy (non-hydrogen) atoms. The molecule has 0 aliphatic rings. The topological polar surface area (TPSA) is 17.8 Å². The monoisotopic (exact) mass is 386 g/mol. The third kappa shape index (κ3) is 3.35. The van der Waals surface area contributed by atoms with Crippen molar-refractivity contribution in [3.63, 3.8) is 0 Å². The largest absolute Gasteiger partial charge is 0.339 e. The predicted molar refractivity (Wildman–Crippen MR) is 118 cm³/mol. The zero-order valence-corrected chi connectivity index (χ0v) is 17.5. The number of hydrogen-bond donors (Lipinski definition) is 0. The van der Waals surface area contributed by atoms with Gasteiger partial charge in [-0.05, 0) is 42.2 Å². The van der Waals surface area contributed by atoms with Crippen LogP contribution in [0.2, 0.25) is 0 Å². The molecule has 4 rings (SSSR count). The second-order valence-electron chi connectivity index (χ2n) is 8.35. The van der Waals surface area contributed by atoms with Crippen LogP contribution in [0.5, 0.6) is 0 Å². The zero-order valence-electron chi connectivity index (χ0n) is 17.5. The van der Waals surface area contributed by atoms with Crippen molar-refractivity contribution >= 4 is 10.9 Å². The summed E-state index contributed by atoms with van der Waals surface area (Å²) in [6.07, 6.45) is 3.91. The van der Waals surface area contributed by atoms with E-state index in [1.165, 1.54) is 11.1 Å². The molecule has 0 aliphatic heterocycles. The molecule has 1 atom stereocenters. The second kappa shape index (κ2) is 7.47. The minimum absolute atomic E-state index is 0.195. The summed E-state index contributed by atoms with van der Waals surface area (Å²) in [5.74, 6) is 0.141. The van der Waals surface area contributed by atoms with Crippen molar-refractivity contribution in [1.29, 1.82) is 0 Å². The molecule has 0 radical (unpaired) electrons. The third-order valence-corrected chi connectivity index (χ3v) is 6.27. The highest BCUT2D eigenvalue weighted by molar-refractivity contribution is 5.86. The van der Waals surface area contributed by atoms with Gasteiger partial charge in [0.25, 0.3) is 0 Å². The summed E-state index contributed by atoms with van der Waals surface area (Å²) >= 11 is 0. The van der Waals surface area contributed by atoms with Gasteiger partial charge in [-0.2, -0.15) is 0 Å². The van der Waals surface area contributed by atoms with Crippen molar-refractivity contribution in [2.24, 2.45) is 5.92 Å². The van der Waals surface area contributed by atoms with Gasteiger partial charge in [0.1, 0.15) is 5.82 Å². The molecule has 1 unspecified atom stereocenters. The van der Waals surface area contributed by atoms with Gasteiger partial charge in [-0.25, -0.2) is 4.39 Å². The molecule has 0 N–H and O–H groups in total. The van der Waals surface area contributed by atoms with Gasteiger partial charge in [0, 0.05) is 23.2 Å². The van der Waals surface area contributed by atoms with Crippen LogP contribution in [0.3, 0.4) is 0 Å². The van der Waals surface area contributed by atoms with Gasteiger partial charge in [0.15, 0.2) is 0 Å². The van der Waals surface area contributed by atoms with Crippen LogP contribution < -0.4 is 0 Å². The number of aromatic nitrogens is 2. The summed E-state index contributed by atoms with van der Waals surface area (Å²) in [6, 6.07) is 20.0. The van der Waals surface area contributed by atoms with E-state index in [0.29, 0.717) is 18.0 Å². The Balaban J connectivity index is 1.95. The number of fused-ring (bicyclic) bond motifs is 1. The standard InChI is InChI=1S/C26H27FN2/c1-18(2)26(4,20-13-11-19(3)12-14-20)23-17-29(16-21-8-5-6-15-28-21)25-22(23)9-7-10-24(25)27/h5-15,17-18H,16H2,1-4H3. The fourth-order valence-corrected chi connectivity index (χ4v) is 4.22. The third-order valence-electron chi connectivity index (χ3n) is 6.27. The number of benzene rings is 2. The number of rotatable bonds is 5.